The quantitative estimate of drug-likeness (QED) is 0.365. The second-order valence-electron chi connectivity index (χ2n) is 3.92. The van der Waals surface area contributed by atoms with E-state index in [2.05, 4.69) is 9.53 Å². The van der Waals surface area contributed by atoms with Crippen LogP contribution in [-0.2, 0) is 9.53 Å². The van der Waals surface area contributed by atoms with Gasteiger partial charge in [-0.2, -0.15) is 4.79 Å². The number of carbonyl (C=O) groups is 1. The molecule has 0 atom stereocenters. The summed E-state index contributed by atoms with van der Waals surface area (Å²) in [6.07, 6.45) is 3.11. The molecule has 0 amide bonds. The van der Waals surface area contributed by atoms with Crippen molar-refractivity contribution in [1.82, 2.24) is 0 Å². The highest BCUT2D eigenvalue weighted by Crippen LogP contribution is 2.16. The molecule has 0 saturated carbocycles. The summed E-state index contributed by atoms with van der Waals surface area (Å²) in [6.45, 7) is 0. The normalized spacial score (nSPS) is 10.4. The van der Waals surface area contributed by atoms with E-state index in [0.29, 0.717) is 0 Å². The molecule has 0 aliphatic rings. The molecule has 94 valence electrons. The first-order valence-corrected chi connectivity index (χ1v) is 5.72. The summed E-state index contributed by atoms with van der Waals surface area (Å²) < 4.78 is 4.48. The summed E-state index contributed by atoms with van der Waals surface area (Å²) in [4.78, 5) is 14.1. The Morgan fingerprint density at radius 1 is 1.21 bits per heavy atom. The fourth-order valence-corrected chi connectivity index (χ4v) is 1.73. The van der Waals surface area contributed by atoms with Crippen LogP contribution in [0.15, 0.2) is 48.5 Å². The summed E-state index contributed by atoms with van der Waals surface area (Å²) in [6, 6.07) is 13.9. The minimum atomic E-state index is -0.681. The van der Waals surface area contributed by atoms with Gasteiger partial charge in [0.15, 0.2) is 0 Å². The maximum absolute atomic E-state index is 11.2. The fourth-order valence-electron chi connectivity index (χ4n) is 1.73. The Bertz CT molecular complexity index is 698. The van der Waals surface area contributed by atoms with Crippen LogP contribution in [0.5, 0.6) is 0 Å². The topological polar surface area (TPSA) is 62.7 Å². The Morgan fingerprint density at radius 3 is 2.63 bits per heavy atom. The molecule has 0 saturated heterocycles. The number of benzene rings is 2. The molecule has 0 fully saturated rings. The molecule has 0 bridgehead atoms. The first-order chi connectivity index (χ1) is 9.24. The molecular weight excluding hydrogens is 240 g/mol. The predicted octanol–water partition coefficient (Wildman–Crippen LogP) is 2.70. The number of nitrogens with zero attached hydrogens (tertiary/aromatic N) is 2. The zero-order chi connectivity index (χ0) is 13.7. The number of carbonyl (C=O) groups excluding carboxylic acids is 1. The second-order valence-corrected chi connectivity index (χ2v) is 3.92. The Kier molecular flexibility index (Phi) is 3.86. The van der Waals surface area contributed by atoms with Gasteiger partial charge in [0, 0.05) is 6.08 Å². The van der Waals surface area contributed by atoms with E-state index >= 15 is 0 Å². The average Bonchev–Trinajstić information content (AvgIpc) is 2.47. The highest BCUT2D eigenvalue weighted by Gasteiger charge is 2.16. The molecule has 4 nitrogen and oxygen atoms in total. The molecule has 0 aliphatic heterocycles. The molecule has 2 rings (SSSR count). The zero-order valence-electron chi connectivity index (χ0n) is 10.4. The third-order valence-electron chi connectivity index (χ3n) is 2.71. The van der Waals surface area contributed by atoms with Crippen LogP contribution in [0.1, 0.15) is 5.56 Å². The number of esters is 1. The van der Waals surface area contributed by atoms with Crippen molar-refractivity contribution in [2.45, 2.75) is 0 Å². The van der Waals surface area contributed by atoms with Gasteiger partial charge >= 0.3 is 11.7 Å². The minimum absolute atomic E-state index is 0.143. The van der Waals surface area contributed by atoms with Crippen molar-refractivity contribution in [3.05, 3.63) is 59.6 Å². The first kappa shape index (κ1) is 12.7. The summed E-state index contributed by atoms with van der Waals surface area (Å²) >= 11 is 0. The molecule has 4 heteroatoms. The molecule has 2 aromatic rings. The molecule has 0 spiro atoms. The second kappa shape index (κ2) is 5.76. The van der Waals surface area contributed by atoms with Crippen molar-refractivity contribution in [3.8, 4) is 0 Å². The van der Waals surface area contributed by atoms with Crippen molar-refractivity contribution in [2.75, 3.05) is 7.11 Å². The largest absolute Gasteiger partial charge is 0.460 e. The highest BCUT2D eigenvalue weighted by molar-refractivity contribution is 6.39. The zero-order valence-corrected chi connectivity index (χ0v) is 10.4. The van der Waals surface area contributed by atoms with Crippen molar-refractivity contribution < 1.29 is 14.3 Å². The van der Waals surface area contributed by atoms with Crippen LogP contribution in [0.4, 0.5) is 0 Å². The number of ether oxygens (including phenoxy) is 1. The van der Waals surface area contributed by atoms with Crippen LogP contribution < -0.4 is 0 Å². The van der Waals surface area contributed by atoms with Gasteiger partial charge in [-0.15, -0.1) is 0 Å². The van der Waals surface area contributed by atoms with E-state index in [1.54, 1.807) is 6.08 Å². The number of fused-ring (bicyclic) bond motifs is 1. The fraction of sp³-hybridized carbons (Fsp3) is 0.0667. The van der Waals surface area contributed by atoms with Crippen LogP contribution in [-0.4, -0.2) is 23.6 Å². The maximum atomic E-state index is 11.2. The molecule has 19 heavy (non-hydrogen) atoms. The lowest BCUT2D eigenvalue weighted by molar-refractivity contribution is -0.137. The van der Waals surface area contributed by atoms with Gasteiger partial charge in [0.1, 0.15) is 0 Å². The number of rotatable bonds is 3. The van der Waals surface area contributed by atoms with Crippen molar-refractivity contribution in [1.29, 1.82) is 0 Å². The highest BCUT2D eigenvalue weighted by atomic mass is 16.5. The van der Waals surface area contributed by atoms with E-state index in [0.717, 1.165) is 16.3 Å². The Labute approximate surface area is 110 Å². The van der Waals surface area contributed by atoms with Crippen molar-refractivity contribution in [2.24, 2.45) is 0 Å². The standard InChI is InChI=1S/C15H12N2O2/c1-19-15(18)14(17-16)9-7-11-6-8-12-4-2-3-5-13(12)10-11/h2-10H,1H3/b9-7+. The number of methoxy groups -OCH3 is 1. The van der Waals surface area contributed by atoms with Gasteiger partial charge < -0.3 is 10.3 Å². The molecule has 2 aromatic carbocycles. The molecule has 0 heterocycles. The van der Waals surface area contributed by atoms with Crippen LogP contribution in [0.2, 0.25) is 0 Å². The van der Waals surface area contributed by atoms with Gasteiger partial charge in [-0.3, -0.25) is 0 Å². The summed E-state index contributed by atoms with van der Waals surface area (Å²) in [7, 11) is 1.23. The molecule has 0 unspecified atom stereocenters. The van der Waals surface area contributed by atoms with Crippen LogP contribution in [0.25, 0.3) is 22.4 Å². The van der Waals surface area contributed by atoms with E-state index in [9.17, 15) is 4.79 Å². The van der Waals surface area contributed by atoms with Gasteiger partial charge in [0.2, 0.25) is 0 Å². The molecule has 0 N–H and O–H groups in total. The van der Waals surface area contributed by atoms with E-state index in [4.69, 9.17) is 5.53 Å². The Morgan fingerprint density at radius 2 is 1.95 bits per heavy atom. The van der Waals surface area contributed by atoms with Gasteiger partial charge in [0.25, 0.3) is 0 Å². The lowest BCUT2D eigenvalue weighted by atomic mass is 10.1. The van der Waals surface area contributed by atoms with Gasteiger partial charge in [-0.1, -0.05) is 36.4 Å². The third-order valence-corrected chi connectivity index (χ3v) is 2.71. The van der Waals surface area contributed by atoms with Crippen molar-refractivity contribution >= 4 is 28.5 Å². The van der Waals surface area contributed by atoms with E-state index in [1.807, 2.05) is 42.5 Å². The van der Waals surface area contributed by atoms with Gasteiger partial charge in [-0.25, -0.2) is 4.79 Å². The number of hydrogen-bond donors (Lipinski definition) is 0. The lowest BCUT2D eigenvalue weighted by Gasteiger charge is -1.98. The third kappa shape index (κ3) is 2.94. The van der Waals surface area contributed by atoms with Crippen molar-refractivity contribution in [3.63, 3.8) is 0 Å². The predicted molar refractivity (Wildman–Crippen MR) is 73.6 cm³/mol. The van der Waals surface area contributed by atoms with E-state index < -0.39 is 5.97 Å². The summed E-state index contributed by atoms with van der Waals surface area (Å²) in [5.41, 5.74) is 9.48. The molecule has 0 aromatic heterocycles. The Hall–Kier alpha value is -2.71. The monoisotopic (exact) mass is 252 g/mol. The molecular formula is C15H12N2O2. The van der Waals surface area contributed by atoms with E-state index in [1.165, 1.54) is 13.2 Å². The summed E-state index contributed by atoms with van der Waals surface area (Å²) in [5.74, 6) is -0.681. The van der Waals surface area contributed by atoms with Crippen LogP contribution in [0.3, 0.4) is 0 Å². The average molecular weight is 252 g/mol. The molecule has 0 radical (unpaired) electrons. The SMILES string of the molecule is COC(=O)C(/C=C/c1ccc2ccccc2c1)=[N+]=[N-]. The maximum Gasteiger partial charge on any atom is 0.421 e. The molecule has 0 aliphatic carbocycles. The first-order valence-electron chi connectivity index (χ1n) is 5.72. The van der Waals surface area contributed by atoms with E-state index in [-0.39, 0.29) is 5.71 Å². The Balaban J connectivity index is 2.30. The minimum Gasteiger partial charge on any atom is -0.460 e. The lowest BCUT2D eigenvalue weighted by Crippen LogP contribution is -2.13. The van der Waals surface area contributed by atoms with Crippen LogP contribution >= 0.6 is 0 Å². The summed E-state index contributed by atoms with van der Waals surface area (Å²) in [5, 5.41) is 2.24. The van der Waals surface area contributed by atoms with Gasteiger partial charge in [-0.05, 0) is 28.5 Å². The van der Waals surface area contributed by atoms with Gasteiger partial charge in [0.05, 0.1) is 7.11 Å². The van der Waals surface area contributed by atoms with Crippen LogP contribution in [0, 0.1) is 0 Å². The smallest absolute Gasteiger partial charge is 0.421 e. The number of hydrogen-bond acceptors (Lipinski definition) is 2.